The fourth-order valence-electron chi connectivity index (χ4n) is 2.37. The maximum atomic E-state index is 5.39. The van der Waals surface area contributed by atoms with Crippen molar-refractivity contribution in [2.24, 2.45) is 0 Å². The number of nitrogens with one attached hydrogen (secondary N) is 1. The molecular formula is C15H16BrN3OS. The normalized spacial score (nSPS) is 11.0. The topological polar surface area (TPSA) is 38.6 Å². The zero-order valence-corrected chi connectivity index (χ0v) is 14.5. The van der Waals surface area contributed by atoms with E-state index < -0.39 is 0 Å². The Bertz CT molecular complexity index is 794. The van der Waals surface area contributed by atoms with Crippen LogP contribution in [0.4, 0.5) is 5.69 Å². The number of aryl methyl sites for hydroxylation is 2. The number of imidazole rings is 1. The highest BCUT2D eigenvalue weighted by Gasteiger charge is 2.12. The molecule has 110 valence electrons. The first-order valence-electron chi connectivity index (χ1n) is 6.59. The van der Waals surface area contributed by atoms with Crippen LogP contribution in [-0.4, -0.2) is 16.5 Å². The first-order chi connectivity index (χ1) is 10.1. The average Bonchev–Trinajstić information content (AvgIpc) is 2.96. The number of methoxy groups -OCH3 is 1. The SMILES string of the molecule is COc1ccc(Br)cc1NCc1c(C)nc2scc(C)n12. The van der Waals surface area contributed by atoms with Gasteiger partial charge in [0.2, 0.25) is 0 Å². The van der Waals surface area contributed by atoms with Crippen molar-refractivity contribution >= 4 is 37.9 Å². The monoisotopic (exact) mass is 365 g/mol. The molecule has 2 aromatic heterocycles. The summed E-state index contributed by atoms with van der Waals surface area (Å²) < 4.78 is 8.62. The van der Waals surface area contributed by atoms with Crippen LogP contribution in [0.15, 0.2) is 28.1 Å². The van der Waals surface area contributed by atoms with E-state index in [-0.39, 0.29) is 0 Å². The van der Waals surface area contributed by atoms with Crippen LogP contribution in [0.5, 0.6) is 5.75 Å². The van der Waals surface area contributed by atoms with Crippen molar-refractivity contribution in [2.45, 2.75) is 20.4 Å². The van der Waals surface area contributed by atoms with Gasteiger partial charge in [-0.1, -0.05) is 15.9 Å². The third-order valence-electron chi connectivity index (χ3n) is 3.44. The molecule has 0 bridgehead atoms. The number of anilines is 1. The van der Waals surface area contributed by atoms with Gasteiger partial charge in [0.05, 0.1) is 30.7 Å². The molecule has 1 N–H and O–H groups in total. The number of hydrogen-bond acceptors (Lipinski definition) is 4. The highest BCUT2D eigenvalue weighted by molar-refractivity contribution is 9.10. The van der Waals surface area contributed by atoms with Gasteiger partial charge in [0.25, 0.3) is 0 Å². The highest BCUT2D eigenvalue weighted by Crippen LogP contribution is 2.29. The second-order valence-corrected chi connectivity index (χ2v) is 6.59. The largest absolute Gasteiger partial charge is 0.495 e. The summed E-state index contributed by atoms with van der Waals surface area (Å²) in [6.07, 6.45) is 0. The number of hydrogen-bond donors (Lipinski definition) is 1. The van der Waals surface area contributed by atoms with Crippen molar-refractivity contribution in [1.29, 1.82) is 0 Å². The summed E-state index contributed by atoms with van der Waals surface area (Å²) in [4.78, 5) is 5.65. The van der Waals surface area contributed by atoms with Crippen LogP contribution in [0.1, 0.15) is 17.1 Å². The van der Waals surface area contributed by atoms with Gasteiger partial charge in [0.1, 0.15) is 5.75 Å². The van der Waals surface area contributed by atoms with E-state index in [1.54, 1.807) is 18.4 Å². The van der Waals surface area contributed by atoms with Gasteiger partial charge in [-0.3, -0.25) is 4.40 Å². The number of halogens is 1. The maximum Gasteiger partial charge on any atom is 0.194 e. The lowest BCUT2D eigenvalue weighted by atomic mass is 10.2. The quantitative estimate of drug-likeness (QED) is 0.744. The van der Waals surface area contributed by atoms with E-state index in [1.807, 2.05) is 25.1 Å². The number of thiazole rings is 1. The number of aromatic nitrogens is 2. The van der Waals surface area contributed by atoms with Gasteiger partial charge >= 0.3 is 0 Å². The Labute approximate surface area is 135 Å². The van der Waals surface area contributed by atoms with Crippen molar-refractivity contribution in [3.05, 3.63) is 45.1 Å². The molecule has 0 saturated carbocycles. The zero-order chi connectivity index (χ0) is 15.0. The van der Waals surface area contributed by atoms with E-state index >= 15 is 0 Å². The van der Waals surface area contributed by atoms with Crippen LogP contribution in [0.2, 0.25) is 0 Å². The predicted molar refractivity (Wildman–Crippen MR) is 90.6 cm³/mol. The predicted octanol–water partition coefficient (Wildman–Crippen LogP) is 4.40. The fourth-order valence-corrected chi connectivity index (χ4v) is 3.66. The standard InChI is InChI=1S/C15H16BrN3OS/c1-9-8-21-15-18-10(2)13(19(9)15)7-17-12-6-11(16)4-5-14(12)20-3/h4-6,8,17H,7H2,1-3H3. The average molecular weight is 366 g/mol. The summed E-state index contributed by atoms with van der Waals surface area (Å²) in [6.45, 7) is 4.86. The molecular weight excluding hydrogens is 350 g/mol. The number of nitrogens with zero attached hydrogens (tertiary/aromatic N) is 2. The number of fused-ring (bicyclic) bond motifs is 1. The molecule has 0 fully saturated rings. The van der Waals surface area contributed by atoms with Crippen LogP contribution < -0.4 is 10.1 Å². The van der Waals surface area contributed by atoms with Gasteiger partial charge in [0.15, 0.2) is 4.96 Å². The fraction of sp³-hybridized carbons (Fsp3) is 0.267. The smallest absolute Gasteiger partial charge is 0.194 e. The van der Waals surface area contributed by atoms with Gasteiger partial charge in [0, 0.05) is 15.5 Å². The molecule has 3 aromatic rings. The van der Waals surface area contributed by atoms with Gasteiger partial charge in [-0.15, -0.1) is 11.3 Å². The number of rotatable bonds is 4. The van der Waals surface area contributed by atoms with Gasteiger partial charge < -0.3 is 10.1 Å². The van der Waals surface area contributed by atoms with Crippen LogP contribution in [-0.2, 0) is 6.54 Å². The minimum Gasteiger partial charge on any atom is -0.495 e. The van der Waals surface area contributed by atoms with Crippen LogP contribution in [0, 0.1) is 13.8 Å². The Morgan fingerprint density at radius 3 is 2.95 bits per heavy atom. The van der Waals surface area contributed by atoms with E-state index in [0.29, 0.717) is 6.54 Å². The second kappa shape index (κ2) is 5.69. The van der Waals surface area contributed by atoms with Crippen LogP contribution in [0.25, 0.3) is 4.96 Å². The summed E-state index contributed by atoms with van der Waals surface area (Å²) in [7, 11) is 1.68. The molecule has 2 heterocycles. The Hall–Kier alpha value is -1.53. The van der Waals surface area contributed by atoms with Crippen molar-refractivity contribution in [3.8, 4) is 5.75 Å². The first-order valence-corrected chi connectivity index (χ1v) is 8.27. The molecule has 0 saturated heterocycles. The summed E-state index contributed by atoms with van der Waals surface area (Å²) >= 11 is 5.17. The van der Waals surface area contributed by atoms with E-state index in [2.05, 4.69) is 42.9 Å². The van der Waals surface area contributed by atoms with Crippen LogP contribution >= 0.6 is 27.3 Å². The molecule has 0 amide bonds. The molecule has 0 radical (unpaired) electrons. The lowest BCUT2D eigenvalue weighted by Gasteiger charge is -2.12. The summed E-state index contributed by atoms with van der Waals surface area (Å²) in [5.41, 5.74) is 4.43. The van der Waals surface area contributed by atoms with Crippen molar-refractivity contribution in [2.75, 3.05) is 12.4 Å². The zero-order valence-electron chi connectivity index (χ0n) is 12.1. The van der Waals surface area contributed by atoms with Gasteiger partial charge in [-0.2, -0.15) is 0 Å². The second-order valence-electron chi connectivity index (χ2n) is 4.84. The molecule has 0 atom stereocenters. The summed E-state index contributed by atoms with van der Waals surface area (Å²) in [5.74, 6) is 0.832. The molecule has 21 heavy (non-hydrogen) atoms. The summed E-state index contributed by atoms with van der Waals surface area (Å²) in [5, 5.41) is 5.58. The summed E-state index contributed by atoms with van der Waals surface area (Å²) in [6, 6.07) is 5.93. The number of benzene rings is 1. The molecule has 0 aliphatic carbocycles. The third-order valence-corrected chi connectivity index (χ3v) is 4.87. The lowest BCUT2D eigenvalue weighted by Crippen LogP contribution is -2.05. The van der Waals surface area contributed by atoms with Crippen molar-refractivity contribution < 1.29 is 4.74 Å². The Morgan fingerprint density at radius 1 is 1.38 bits per heavy atom. The Morgan fingerprint density at radius 2 is 2.19 bits per heavy atom. The van der Waals surface area contributed by atoms with Crippen molar-refractivity contribution in [3.63, 3.8) is 0 Å². The first kappa shape index (κ1) is 14.4. The minimum atomic E-state index is 0.706. The third kappa shape index (κ3) is 2.65. The molecule has 1 aromatic carbocycles. The van der Waals surface area contributed by atoms with Gasteiger partial charge in [-0.25, -0.2) is 4.98 Å². The van der Waals surface area contributed by atoms with Gasteiger partial charge in [-0.05, 0) is 32.0 Å². The molecule has 0 unspecified atom stereocenters. The number of ether oxygens (including phenoxy) is 1. The molecule has 0 aliphatic heterocycles. The van der Waals surface area contributed by atoms with Crippen molar-refractivity contribution in [1.82, 2.24) is 9.38 Å². The molecule has 0 aliphatic rings. The highest BCUT2D eigenvalue weighted by atomic mass is 79.9. The van der Waals surface area contributed by atoms with E-state index in [0.717, 1.165) is 26.6 Å². The molecule has 3 rings (SSSR count). The minimum absolute atomic E-state index is 0.706. The van der Waals surface area contributed by atoms with E-state index in [9.17, 15) is 0 Å². The Kier molecular flexibility index (Phi) is 3.91. The maximum absolute atomic E-state index is 5.39. The molecule has 4 nitrogen and oxygen atoms in total. The Balaban J connectivity index is 1.91. The molecule has 0 spiro atoms. The van der Waals surface area contributed by atoms with E-state index in [4.69, 9.17) is 4.74 Å². The lowest BCUT2D eigenvalue weighted by molar-refractivity contribution is 0.416. The molecule has 6 heteroatoms. The van der Waals surface area contributed by atoms with Crippen LogP contribution in [0.3, 0.4) is 0 Å². The van der Waals surface area contributed by atoms with E-state index in [1.165, 1.54) is 11.4 Å².